The van der Waals surface area contributed by atoms with E-state index in [1.165, 1.54) is 11.4 Å². The van der Waals surface area contributed by atoms with Gasteiger partial charge in [-0.2, -0.15) is 0 Å². The van der Waals surface area contributed by atoms with Crippen LogP contribution < -0.4 is 0 Å². The lowest BCUT2D eigenvalue weighted by Gasteiger charge is -2.25. The fraction of sp³-hybridized carbons (Fsp3) is 0.429. The largest absolute Gasteiger partial charge is 0.349 e. The van der Waals surface area contributed by atoms with Gasteiger partial charge in [-0.3, -0.25) is 4.79 Å². The van der Waals surface area contributed by atoms with Crippen molar-refractivity contribution in [3.05, 3.63) is 53.6 Å². The van der Waals surface area contributed by atoms with Gasteiger partial charge in [-0.05, 0) is 51.0 Å². The lowest BCUT2D eigenvalue weighted by Crippen LogP contribution is -2.32. The van der Waals surface area contributed by atoms with E-state index in [2.05, 4.69) is 48.2 Å². The van der Waals surface area contributed by atoms with Crippen LogP contribution in [0, 0.1) is 13.8 Å². The van der Waals surface area contributed by atoms with E-state index in [9.17, 15) is 4.79 Å². The molecule has 1 aliphatic rings. The number of benzene rings is 1. The Morgan fingerprint density at radius 1 is 1.15 bits per heavy atom. The molecule has 1 aliphatic heterocycles. The number of carbonyl (C=O) groups excluding carboxylic acids is 1. The van der Waals surface area contributed by atoms with Crippen LogP contribution in [-0.4, -0.2) is 31.5 Å². The molecule has 2 aromatic heterocycles. The van der Waals surface area contributed by atoms with Crippen molar-refractivity contribution < 1.29 is 4.79 Å². The van der Waals surface area contributed by atoms with E-state index >= 15 is 0 Å². The van der Waals surface area contributed by atoms with E-state index in [1.54, 1.807) is 0 Å². The molecule has 0 radical (unpaired) electrons. The van der Waals surface area contributed by atoms with E-state index in [0.717, 1.165) is 42.8 Å². The Labute approximate surface area is 154 Å². The number of para-hydroxylation sites is 2. The number of aromatic nitrogens is 3. The van der Waals surface area contributed by atoms with Crippen molar-refractivity contribution in [2.24, 2.45) is 7.05 Å². The Balaban J connectivity index is 1.54. The maximum absolute atomic E-state index is 12.9. The summed E-state index contributed by atoms with van der Waals surface area (Å²) >= 11 is 0. The number of carbonyl (C=O) groups is 1. The van der Waals surface area contributed by atoms with E-state index in [0.29, 0.717) is 6.42 Å². The van der Waals surface area contributed by atoms with Gasteiger partial charge in [0.05, 0.1) is 17.1 Å². The molecule has 0 bridgehead atoms. The standard InChI is InChI=1S/C21H26N4O/c1-15-10-11-16(2)24(15)14-12-20(26)25-13-6-9-19(25)21-22-17-7-4-5-8-18(17)23(21)3/h4-5,7-8,10-11,19H,6,9,12-14H2,1-3H3/t19-/m1/s1. The quantitative estimate of drug-likeness (QED) is 0.719. The molecule has 1 aromatic carbocycles. The van der Waals surface area contributed by atoms with Gasteiger partial charge in [-0.25, -0.2) is 4.98 Å². The monoisotopic (exact) mass is 350 g/mol. The van der Waals surface area contributed by atoms with Gasteiger partial charge in [0.2, 0.25) is 5.91 Å². The summed E-state index contributed by atoms with van der Waals surface area (Å²) in [6.07, 6.45) is 2.57. The first kappa shape index (κ1) is 16.9. The number of amides is 1. The number of rotatable bonds is 4. The highest BCUT2D eigenvalue weighted by Gasteiger charge is 2.32. The number of hydrogen-bond donors (Lipinski definition) is 0. The number of fused-ring (bicyclic) bond motifs is 1. The highest BCUT2D eigenvalue weighted by Crippen LogP contribution is 2.33. The van der Waals surface area contributed by atoms with Crippen molar-refractivity contribution >= 4 is 16.9 Å². The molecule has 0 spiro atoms. The smallest absolute Gasteiger partial charge is 0.224 e. The molecule has 3 aromatic rings. The van der Waals surface area contributed by atoms with Crippen LogP contribution in [0.3, 0.4) is 0 Å². The van der Waals surface area contributed by atoms with Gasteiger partial charge in [0.1, 0.15) is 5.82 Å². The molecule has 0 aliphatic carbocycles. The SMILES string of the molecule is Cc1ccc(C)n1CCC(=O)N1CCC[C@@H]1c1nc2ccccc2n1C. The predicted octanol–water partition coefficient (Wildman–Crippen LogP) is 3.75. The molecule has 1 atom stereocenters. The Kier molecular flexibility index (Phi) is 4.31. The van der Waals surface area contributed by atoms with Crippen LogP contribution in [0.2, 0.25) is 0 Å². The fourth-order valence-electron chi connectivity index (χ4n) is 4.20. The third-order valence-electron chi connectivity index (χ3n) is 5.66. The van der Waals surface area contributed by atoms with Gasteiger partial charge in [-0.1, -0.05) is 12.1 Å². The van der Waals surface area contributed by atoms with Crippen LogP contribution in [-0.2, 0) is 18.4 Å². The summed E-state index contributed by atoms with van der Waals surface area (Å²) in [7, 11) is 2.05. The zero-order valence-electron chi connectivity index (χ0n) is 15.8. The minimum atomic E-state index is 0.0896. The second-order valence-corrected chi connectivity index (χ2v) is 7.28. The third kappa shape index (κ3) is 2.81. The van der Waals surface area contributed by atoms with E-state index in [4.69, 9.17) is 4.98 Å². The summed E-state index contributed by atoms with van der Waals surface area (Å²) in [5.74, 6) is 1.23. The molecule has 1 amide bonds. The zero-order chi connectivity index (χ0) is 18.3. The third-order valence-corrected chi connectivity index (χ3v) is 5.66. The van der Waals surface area contributed by atoms with Gasteiger partial charge < -0.3 is 14.0 Å². The first-order valence-electron chi connectivity index (χ1n) is 9.40. The molecular formula is C21H26N4O. The van der Waals surface area contributed by atoms with Crippen LogP contribution in [0.25, 0.3) is 11.0 Å². The Morgan fingerprint density at radius 2 is 1.88 bits per heavy atom. The van der Waals surface area contributed by atoms with Crippen molar-refractivity contribution in [1.82, 2.24) is 19.0 Å². The van der Waals surface area contributed by atoms with Crippen molar-refractivity contribution in [3.8, 4) is 0 Å². The lowest BCUT2D eigenvalue weighted by molar-refractivity contribution is -0.132. The van der Waals surface area contributed by atoms with Gasteiger partial charge >= 0.3 is 0 Å². The molecular weight excluding hydrogens is 324 g/mol. The van der Waals surface area contributed by atoms with Crippen LogP contribution in [0.15, 0.2) is 36.4 Å². The van der Waals surface area contributed by atoms with Gasteiger partial charge in [0.25, 0.3) is 0 Å². The predicted molar refractivity (Wildman–Crippen MR) is 103 cm³/mol. The summed E-state index contributed by atoms with van der Waals surface area (Å²) < 4.78 is 4.36. The number of hydrogen-bond acceptors (Lipinski definition) is 2. The molecule has 4 rings (SSSR count). The Morgan fingerprint density at radius 3 is 2.62 bits per heavy atom. The van der Waals surface area contributed by atoms with Crippen molar-refractivity contribution in [3.63, 3.8) is 0 Å². The normalized spacial score (nSPS) is 17.3. The van der Waals surface area contributed by atoms with Crippen molar-refractivity contribution in [2.75, 3.05) is 6.54 Å². The van der Waals surface area contributed by atoms with Crippen LogP contribution in [0.4, 0.5) is 0 Å². The summed E-state index contributed by atoms with van der Waals surface area (Å²) in [6, 6.07) is 12.5. The maximum atomic E-state index is 12.9. The maximum Gasteiger partial charge on any atom is 0.224 e. The second kappa shape index (κ2) is 6.63. The summed E-state index contributed by atoms with van der Waals surface area (Å²) in [5.41, 5.74) is 4.55. The minimum Gasteiger partial charge on any atom is -0.349 e. The average molecular weight is 350 g/mol. The molecule has 0 N–H and O–H groups in total. The van der Waals surface area contributed by atoms with Gasteiger partial charge in [0, 0.05) is 37.9 Å². The molecule has 5 nitrogen and oxygen atoms in total. The van der Waals surface area contributed by atoms with E-state index < -0.39 is 0 Å². The Hall–Kier alpha value is -2.56. The molecule has 1 saturated heterocycles. The second-order valence-electron chi connectivity index (χ2n) is 7.28. The number of nitrogens with zero attached hydrogens (tertiary/aromatic N) is 4. The molecule has 0 unspecified atom stereocenters. The van der Waals surface area contributed by atoms with Crippen LogP contribution >= 0.6 is 0 Å². The number of aryl methyl sites for hydroxylation is 3. The highest BCUT2D eigenvalue weighted by atomic mass is 16.2. The highest BCUT2D eigenvalue weighted by molar-refractivity contribution is 5.78. The molecule has 0 saturated carbocycles. The fourth-order valence-corrected chi connectivity index (χ4v) is 4.20. The van der Waals surface area contributed by atoms with E-state index in [1.807, 2.05) is 23.1 Å². The number of likely N-dealkylation sites (tertiary alicyclic amines) is 1. The molecule has 136 valence electrons. The number of imidazole rings is 1. The first-order chi connectivity index (χ1) is 12.6. The molecule has 1 fully saturated rings. The van der Waals surface area contributed by atoms with Crippen LogP contribution in [0.5, 0.6) is 0 Å². The van der Waals surface area contributed by atoms with Crippen molar-refractivity contribution in [1.29, 1.82) is 0 Å². The van der Waals surface area contributed by atoms with Crippen molar-refractivity contribution in [2.45, 2.75) is 45.7 Å². The first-order valence-corrected chi connectivity index (χ1v) is 9.40. The summed E-state index contributed by atoms with van der Waals surface area (Å²) in [4.78, 5) is 19.8. The summed E-state index contributed by atoms with van der Waals surface area (Å²) in [6.45, 7) is 5.76. The molecule has 26 heavy (non-hydrogen) atoms. The van der Waals surface area contributed by atoms with Gasteiger partial charge in [0.15, 0.2) is 0 Å². The van der Waals surface area contributed by atoms with E-state index in [-0.39, 0.29) is 11.9 Å². The molecule has 3 heterocycles. The zero-order valence-corrected chi connectivity index (χ0v) is 15.8. The topological polar surface area (TPSA) is 43.1 Å². The van der Waals surface area contributed by atoms with Gasteiger partial charge in [-0.15, -0.1) is 0 Å². The summed E-state index contributed by atoms with van der Waals surface area (Å²) in [5, 5.41) is 0. The van der Waals surface area contributed by atoms with Crippen LogP contribution in [0.1, 0.15) is 42.5 Å². The lowest BCUT2D eigenvalue weighted by atomic mass is 10.2. The average Bonchev–Trinajstić information content (AvgIpc) is 3.32. The molecule has 5 heteroatoms. The minimum absolute atomic E-state index is 0.0896. The Bertz CT molecular complexity index is 933.